The highest BCUT2D eigenvalue weighted by Gasteiger charge is 2.23. The predicted octanol–water partition coefficient (Wildman–Crippen LogP) is -1.54. The van der Waals surface area contributed by atoms with E-state index in [1.807, 2.05) is 0 Å². The molecule has 0 spiro atoms. The summed E-state index contributed by atoms with van der Waals surface area (Å²) in [7, 11) is -3.33. The van der Waals surface area contributed by atoms with E-state index in [1.54, 1.807) is 0 Å². The fourth-order valence-corrected chi connectivity index (χ4v) is 0.965. The van der Waals surface area contributed by atoms with Crippen LogP contribution in [0.4, 0.5) is 0 Å². The molecule has 0 amide bonds. The normalized spacial score (nSPS) is 17.0. The first-order valence-corrected chi connectivity index (χ1v) is 4.95. The van der Waals surface area contributed by atoms with Gasteiger partial charge in [-0.05, 0) is 0 Å². The van der Waals surface area contributed by atoms with Crippen molar-refractivity contribution >= 4 is 7.82 Å². The minimum atomic E-state index is -4.56. The monoisotopic (exact) mass is 216 g/mol. The number of rotatable bonds is 6. The van der Waals surface area contributed by atoms with Crippen molar-refractivity contribution in [2.75, 3.05) is 20.3 Å². The van der Waals surface area contributed by atoms with Gasteiger partial charge in [0.1, 0.15) is 12.2 Å². The first-order chi connectivity index (χ1) is 5.90. The zero-order valence-electron chi connectivity index (χ0n) is 7.03. The fraction of sp³-hybridized carbons (Fsp3) is 1.00. The van der Waals surface area contributed by atoms with Gasteiger partial charge in [-0.15, -0.1) is 0 Å². The maximum Gasteiger partial charge on any atom is 0.469 e. The highest BCUT2D eigenvalue weighted by molar-refractivity contribution is 7.46. The van der Waals surface area contributed by atoms with E-state index in [4.69, 9.17) is 20.0 Å². The number of hydrogen-bond acceptors (Lipinski definition) is 5. The molecule has 2 atom stereocenters. The second kappa shape index (κ2) is 5.66. The molecule has 0 aliphatic heterocycles. The van der Waals surface area contributed by atoms with Crippen LogP contribution in [0.3, 0.4) is 0 Å². The van der Waals surface area contributed by atoms with Crippen LogP contribution in [0, 0.1) is 0 Å². The third kappa shape index (κ3) is 6.11. The summed E-state index contributed by atoms with van der Waals surface area (Å²) in [4.78, 5) is 16.6. The van der Waals surface area contributed by atoms with Gasteiger partial charge in [0.05, 0.1) is 13.2 Å². The molecule has 0 radical (unpaired) electrons. The van der Waals surface area contributed by atoms with Crippen LogP contribution in [-0.4, -0.2) is 52.5 Å². The minimum absolute atomic E-state index is 0.484. The van der Waals surface area contributed by atoms with Gasteiger partial charge in [-0.3, -0.25) is 4.52 Å². The molecule has 0 saturated carbocycles. The quantitative estimate of drug-likeness (QED) is 0.397. The first kappa shape index (κ1) is 13.0. The van der Waals surface area contributed by atoms with E-state index in [0.29, 0.717) is 0 Å². The van der Waals surface area contributed by atoms with Crippen LogP contribution in [0.15, 0.2) is 0 Å². The molecule has 0 unspecified atom stereocenters. The largest absolute Gasteiger partial charge is 0.469 e. The number of aliphatic hydroxyl groups excluding tert-OH is 2. The van der Waals surface area contributed by atoms with Crippen LogP contribution in [0.1, 0.15) is 0 Å². The molecule has 0 aromatic rings. The molecule has 13 heavy (non-hydrogen) atoms. The van der Waals surface area contributed by atoms with E-state index in [-0.39, 0.29) is 0 Å². The molecule has 0 rings (SSSR count). The Labute approximate surface area is 75.2 Å². The topological polar surface area (TPSA) is 116 Å². The zero-order chi connectivity index (χ0) is 10.5. The summed E-state index contributed by atoms with van der Waals surface area (Å²) in [6.07, 6.45) is -2.19. The van der Waals surface area contributed by atoms with Crippen molar-refractivity contribution in [3.63, 3.8) is 0 Å². The zero-order valence-corrected chi connectivity index (χ0v) is 7.92. The molecular formula is C5H13O7P. The third-order valence-electron chi connectivity index (χ3n) is 1.33. The van der Waals surface area contributed by atoms with Crippen LogP contribution in [-0.2, 0) is 13.8 Å². The van der Waals surface area contributed by atoms with Gasteiger partial charge in [0.15, 0.2) is 0 Å². The predicted molar refractivity (Wildman–Crippen MR) is 41.9 cm³/mol. The molecule has 0 aromatic heterocycles. The molecule has 0 fully saturated rings. The van der Waals surface area contributed by atoms with Gasteiger partial charge >= 0.3 is 7.82 Å². The van der Waals surface area contributed by atoms with Crippen molar-refractivity contribution in [2.45, 2.75) is 12.2 Å². The number of aliphatic hydroxyl groups is 2. The Morgan fingerprint density at radius 3 is 2.31 bits per heavy atom. The Hall–Kier alpha value is -0.0100. The summed E-state index contributed by atoms with van der Waals surface area (Å²) in [5.41, 5.74) is 0. The van der Waals surface area contributed by atoms with Crippen LogP contribution in [0.5, 0.6) is 0 Å². The van der Waals surface area contributed by atoms with Gasteiger partial charge in [0.25, 0.3) is 0 Å². The van der Waals surface area contributed by atoms with E-state index in [0.717, 1.165) is 0 Å². The molecule has 0 aliphatic carbocycles. The molecule has 80 valence electrons. The Bertz CT molecular complexity index is 178. The molecule has 0 heterocycles. The van der Waals surface area contributed by atoms with Crippen LogP contribution < -0.4 is 0 Å². The van der Waals surface area contributed by atoms with Gasteiger partial charge in [0.2, 0.25) is 0 Å². The first-order valence-electron chi connectivity index (χ1n) is 3.42. The van der Waals surface area contributed by atoms with Crippen molar-refractivity contribution in [3.05, 3.63) is 0 Å². The number of ether oxygens (including phenoxy) is 1. The van der Waals surface area contributed by atoms with Crippen molar-refractivity contribution < 1.29 is 33.8 Å². The van der Waals surface area contributed by atoms with E-state index in [1.165, 1.54) is 7.11 Å². The number of phosphoric acid groups is 1. The molecular weight excluding hydrogens is 203 g/mol. The van der Waals surface area contributed by atoms with Crippen molar-refractivity contribution in [2.24, 2.45) is 0 Å². The Morgan fingerprint density at radius 2 is 2.00 bits per heavy atom. The lowest BCUT2D eigenvalue weighted by molar-refractivity contribution is -0.0596. The summed E-state index contributed by atoms with van der Waals surface area (Å²) < 4.78 is 18.9. The molecule has 0 bridgehead atoms. The molecule has 0 aliphatic rings. The SMILES string of the molecule is CO[C@@H](COP(=O)(O)O)[C@H](O)CO. The van der Waals surface area contributed by atoms with Crippen molar-refractivity contribution in [1.82, 2.24) is 0 Å². The van der Waals surface area contributed by atoms with Crippen LogP contribution in [0.2, 0.25) is 0 Å². The Kier molecular flexibility index (Phi) is 5.66. The summed E-state index contributed by atoms with van der Waals surface area (Å²) >= 11 is 0. The van der Waals surface area contributed by atoms with Gasteiger partial charge < -0.3 is 24.7 Å². The van der Waals surface area contributed by atoms with Crippen molar-refractivity contribution in [3.8, 4) is 0 Å². The van der Waals surface area contributed by atoms with Gasteiger partial charge in [-0.25, -0.2) is 4.57 Å². The molecule has 8 heteroatoms. The highest BCUT2D eigenvalue weighted by Crippen LogP contribution is 2.35. The summed E-state index contributed by atoms with van der Waals surface area (Å²) in [6, 6.07) is 0. The molecule has 0 aromatic carbocycles. The average Bonchev–Trinajstić information content (AvgIpc) is 2.03. The maximum absolute atomic E-state index is 10.2. The molecule has 4 N–H and O–H groups in total. The van der Waals surface area contributed by atoms with Crippen LogP contribution in [0.25, 0.3) is 0 Å². The lowest BCUT2D eigenvalue weighted by Gasteiger charge is -2.19. The van der Waals surface area contributed by atoms with E-state index >= 15 is 0 Å². The van der Waals surface area contributed by atoms with E-state index < -0.39 is 33.2 Å². The minimum Gasteiger partial charge on any atom is -0.394 e. The van der Waals surface area contributed by atoms with Crippen molar-refractivity contribution in [1.29, 1.82) is 0 Å². The molecule has 0 saturated heterocycles. The Balaban J connectivity index is 3.92. The summed E-state index contributed by atoms with van der Waals surface area (Å²) in [5, 5.41) is 17.5. The number of phosphoric ester groups is 1. The average molecular weight is 216 g/mol. The maximum atomic E-state index is 10.2. The van der Waals surface area contributed by atoms with Gasteiger partial charge in [-0.2, -0.15) is 0 Å². The fourth-order valence-electron chi connectivity index (χ4n) is 0.624. The van der Waals surface area contributed by atoms with Crippen LogP contribution >= 0.6 is 7.82 Å². The van der Waals surface area contributed by atoms with E-state index in [9.17, 15) is 4.57 Å². The second-order valence-electron chi connectivity index (χ2n) is 2.31. The second-order valence-corrected chi connectivity index (χ2v) is 3.55. The standard InChI is InChI=1S/C5H13O7P/c1-11-5(4(7)2-6)3-12-13(8,9)10/h4-7H,2-3H2,1H3,(H2,8,9,10)/t4-,5+/m1/s1. The van der Waals surface area contributed by atoms with E-state index in [2.05, 4.69) is 9.26 Å². The smallest absolute Gasteiger partial charge is 0.394 e. The van der Waals surface area contributed by atoms with Gasteiger partial charge in [0, 0.05) is 7.11 Å². The number of hydrogen-bond donors (Lipinski definition) is 4. The third-order valence-corrected chi connectivity index (χ3v) is 1.81. The lowest BCUT2D eigenvalue weighted by atomic mass is 10.2. The lowest BCUT2D eigenvalue weighted by Crippen LogP contribution is -2.34. The summed E-state index contributed by atoms with van der Waals surface area (Å²) in [6.45, 7) is -1.05. The summed E-state index contributed by atoms with van der Waals surface area (Å²) in [5.74, 6) is 0. The van der Waals surface area contributed by atoms with Gasteiger partial charge in [-0.1, -0.05) is 0 Å². The molecule has 7 nitrogen and oxygen atoms in total. The number of methoxy groups -OCH3 is 1. The Morgan fingerprint density at radius 1 is 1.46 bits per heavy atom. The highest BCUT2D eigenvalue weighted by atomic mass is 31.2.